The van der Waals surface area contributed by atoms with E-state index < -0.39 is 0 Å². The highest BCUT2D eigenvalue weighted by atomic mass is 14.7. The van der Waals surface area contributed by atoms with Crippen LogP contribution in [-0.4, -0.2) is 4.98 Å². The van der Waals surface area contributed by atoms with Crippen LogP contribution in [0.25, 0.3) is 12.2 Å². The van der Waals surface area contributed by atoms with Gasteiger partial charge in [-0.05, 0) is 36.6 Å². The van der Waals surface area contributed by atoms with Gasteiger partial charge in [-0.1, -0.05) is 42.3 Å². The number of aromatic nitrogens is 1. The molecular formula is C15H13N. The van der Waals surface area contributed by atoms with Gasteiger partial charge < -0.3 is 4.98 Å². The van der Waals surface area contributed by atoms with E-state index in [0.717, 1.165) is 11.4 Å². The van der Waals surface area contributed by atoms with Gasteiger partial charge in [-0.15, -0.1) is 0 Å². The number of rotatable bonds is 2. The van der Waals surface area contributed by atoms with E-state index in [2.05, 4.69) is 41.1 Å². The van der Waals surface area contributed by atoms with E-state index in [0.29, 0.717) is 0 Å². The van der Waals surface area contributed by atoms with Gasteiger partial charge in [0.1, 0.15) is 0 Å². The van der Waals surface area contributed by atoms with Gasteiger partial charge in [-0.25, -0.2) is 0 Å². The van der Waals surface area contributed by atoms with E-state index >= 15 is 0 Å². The van der Waals surface area contributed by atoms with Gasteiger partial charge in [0.15, 0.2) is 0 Å². The van der Waals surface area contributed by atoms with Crippen LogP contribution in [0.15, 0.2) is 42.5 Å². The molecule has 0 saturated heterocycles. The molecule has 0 amide bonds. The summed E-state index contributed by atoms with van der Waals surface area (Å²) in [4.78, 5) is 3.22. The lowest BCUT2D eigenvalue weighted by Crippen LogP contribution is -1.74. The largest absolute Gasteiger partial charge is 0.349 e. The molecule has 0 saturated carbocycles. The quantitative estimate of drug-likeness (QED) is 0.725. The summed E-state index contributed by atoms with van der Waals surface area (Å²) in [6, 6.07) is 14.2. The van der Waals surface area contributed by atoms with Crippen LogP contribution >= 0.6 is 0 Å². The zero-order chi connectivity index (χ0) is 11.2. The van der Waals surface area contributed by atoms with Gasteiger partial charge in [-0.3, -0.25) is 0 Å². The first kappa shape index (κ1) is 10.3. The van der Waals surface area contributed by atoms with Crippen molar-refractivity contribution in [3.05, 3.63) is 59.4 Å². The predicted octanol–water partition coefficient (Wildman–Crippen LogP) is 3.56. The molecule has 0 aliphatic carbocycles. The van der Waals surface area contributed by atoms with E-state index in [9.17, 15) is 0 Å². The molecule has 1 heteroatoms. The molecule has 0 aliphatic heterocycles. The SMILES string of the molecule is CC#Cc1ccc(C=Cc2ccccc2)[nH]1. The molecule has 2 rings (SSSR count). The maximum absolute atomic E-state index is 3.22. The summed E-state index contributed by atoms with van der Waals surface area (Å²) in [5, 5.41) is 0. The Morgan fingerprint density at radius 1 is 1.00 bits per heavy atom. The molecule has 1 aromatic heterocycles. The predicted molar refractivity (Wildman–Crippen MR) is 68.7 cm³/mol. The molecule has 0 spiro atoms. The fourth-order valence-electron chi connectivity index (χ4n) is 1.47. The highest BCUT2D eigenvalue weighted by Gasteiger charge is 1.91. The molecule has 0 aliphatic rings. The van der Waals surface area contributed by atoms with Gasteiger partial charge >= 0.3 is 0 Å². The van der Waals surface area contributed by atoms with Crippen molar-refractivity contribution in [3.63, 3.8) is 0 Å². The molecule has 1 N–H and O–H groups in total. The van der Waals surface area contributed by atoms with E-state index in [1.54, 1.807) is 0 Å². The lowest BCUT2D eigenvalue weighted by molar-refractivity contribution is 1.34. The molecule has 1 aromatic carbocycles. The standard InChI is InChI=1S/C15H13N/c1-2-6-14-11-12-15(16-14)10-9-13-7-4-3-5-8-13/h3-5,7-12,16H,1H3. The summed E-state index contributed by atoms with van der Waals surface area (Å²) < 4.78 is 0. The molecular weight excluding hydrogens is 194 g/mol. The highest BCUT2D eigenvalue weighted by Crippen LogP contribution is 2.07. The Labute approximate surface area is 95.8 Å². The Hall–Kier alpha value is -2.20. The first-order valence-corrected chi connectivity index (χ1v) is 5.23. The second-order valence-corrected chi connectivity index (χ2v) is 3.45. The Morgan fingerprint density at radius 3 is 2.56 bits per heavy atom. The lowest BCUT2D eigenvalue weighted by Gasteiger charge is -1.90. The van der Waals surface area contributed by atoms with E-state index in [1.807, 2.05) is 37.3 Å². The maximum Gasteiger partial charge on any atom is 0.0897 e. The molecule has 0 unspecified atom stereocenters. The van der Waals surface area contributed by atoms with Crippen LogP contribution in [0.4, 0.5) is 0 Å². The van der Waals surface area contributed by atoms with Crippen LogP contribution in [0, 0.1) is 11.8 Å². The van der Waals surface area contributed by atoms with Gasteiger partial charge in [0.25, 0.3) is 0 Å². The van der Waals surface area contributed by atoms with E-state index in [-0.39, 0.29) is 0 Å². The molecule has 1 heterocycles. The van der Waals surface area contributed by atoms with Gasteiger partial charge in [0.2, 0.25) is 0 Å². The smallest absolute Gasteiger partial charge is 0.0897 e. The average molecular weight is 207 g/mol. The summed E-state index contributed by atoms with van der Waals surface area (Å²) in [6.45, 7) is 1.83. The Bertz CT molecular complexity index is 536. The zero-order valence-electron chi connectivity index (χ0n) is 9.20. The summed E-state index contributed by atoms with van der Waals surface area (Å²) in [5.74, 6) is 5.85. The molecule has 78 valence electrons. The van der Waals surface area contributed by atoms with Gasteiger partial charge in [-0.2, -0.15) is 0 Å². The van der Waals surface area contributed by atoms with Crippen LogP contribution in [0.3, 0.4) is 0 Å². The Balaban J connectivity index is 2.14. The molecule has 1 nitrogen and oxygen atoms in total. The number of aromatic amines is 1. The minimum Gasteiger partial charge on any atom is -0.349 e. The van der Waals surface area contributed by atoms with Crippen molar-refractivity contribution < 1.29 is 0 Å². The monoisotopic (exact) mass is 207 g/mol. The normalized spacial score (nSPS) is 10.1. The second kappa shape index (κ2) is 5.04. The molecule has 0 radical (unpaired) electrons. The maximum atomic E-state index is 3.22. The average Bonchev–Trinajstić information content (AvgIpc) is 2.76. The van der Waals surface area contributed by atoms with Gasteiger partial charge in [0.05, 0.1) is 5.69 Å². The van der Waals surface area contributed by atoms with Crippen molar-refractivity contribution in [2.75, 3.05) is 0 Å². The van der Waals surface area contributed by atoms with Crippen LogP contribution in [0.2, 0.25) is 0 Å². The second-order valence-electron chi connectivity index (χ2n) is 3.45. The van der Waals surface area contributed by atoms with Crippen LogP contribution in [0.5, 0.6) is 0 Å². The number of hydrogen-bond donors (Lipinski definition) is 1. The third kappa shape index (κ3) is 2.65. The number of benzene rings is 1. The van der Waals surface area contributed by atoms with Gasteiger partial charge in [0, 0.05) is 5.69 Å². The van der Waals surface area contributed by atoms with Crippen LogP contribution < -0.4 is 0 Å². The third-order valence-corrected chi connectivity index (χ3v) is 2.22. The number of nitrogens with one attached hydrogen (secondary N) is 1. The summed E-state index contributed by atoms with van der Waals surface area (Å²) in [6.07, 6.45) is 4.13. The van der Waals surface area contributed by atoms with Crippen molar-refractivity contribution in [3.8, 4) is 11.8 Å². The van der Waals surface area contributed by atoms with Crippen molar-refractivity contribution >= 4 is 12.2 Å². The molecule has 0 atom stereocenters. The minimum atomic E-state index is 0.954. The summed E-state index contributed by atoms with van der Waals surface area (Å²) >= 11 is 0. The first-order chi connectivity index (χ1) is 7.88. The van der Waals surface area contributed by atoms with Crippen LogP contribution in [0.1, 0.15) is 23.9 Å². The highest BCUT2D eigenvalue weighted by molar-refractivity contribution is 5.68. The number of hydrogen-bond acceptors (Lipinski definition) is 0. The third-order valence-electron chi connectivity index (χ3n) is 2.22. The zero-order valence-corrected chi connectivity index (χ0v) is 9.20. The number of H-pyrrole nitrogens is 1. The molecule has 0 fully saturated rings. The van der Waals surface area contributed by atoms with Crippen molar-refractivity contribution in [2.45, 2.75) is 6.92 Å². The topological polar surface area (TPSA) is 15.8 Å². The molecule has 16 heavy (non-hydrogen) atoms. The first-order valence-electron chi connectivity index (χ1n) is 5.23. The minimum absolute atomic E-state index is 0.954. The Morgan fingerprint density at radius 2 is 1.81 bits per heavy atom. The summed E-state index contributed by atoms with van der Waals surface area (Å²) in [5.41, 5.74) is 3.22. The lowest BCUT2D eigenvalue weighted by atomic mass is 10.2. The van der Waals surface area contributed by atoms with Crippen LogP contribution in [-0.2, 0) is 0 Å². The fraction of sp³-hybridized carbons (Fsp3) is 0.0667. The molecule has 2 aromatic rings. The van der Waals surface area contributed by atoms with E-state index in [1.165, 1.54) is 5.56 Å². The fourth-order valence-corrected chi connectivity index (χ4v) is 1.47. The van der Waals surface area contributed by atoms with Crippen molar-refractivity contribution in [1.29, 1.82) is 0 Å². The van der Waals surface area contributed by atoms with E-state index in [4.69, 9.17) is 0 Å². The van der Waals surface area contributed by atoms with Crippen molar-refractivity contribution in [1.82, 2.24) is 4.98 Å². The molecule has 0 bridgehead atoms. The summed E-state index contributed by atoms with van der Waals surface area (Å²) in [7, 11) is 0. The Kier molecular flexibility index (Phi) is 3.25. The van der Waals surface area contributed by atoms with Crippen molar-refractivity contribution in [2.24, 2.45) is 0 Å².